The lowest BCUT2D eigenvalue weighted by Gasteiger charge is -2.25. The van der Waals surface area contributed by atoms with Crippen LogP contribution in [0.1, 0.15) is 35.8 Å². The maximum absolute atomic E-state index is 11.1. The van der Waals surface area contributed by atoms with Crippen molar-refractivity contribution in [1.82, 2.24) is 9.78 Å². The van der Waals surface area contributed by atoms with E-state index in [1.54, 1.807) is 6.07 Å². The summed E-state index contributed by atoms with van der Waals surface area (Å²) < 4.78 is 6.42. The van der Waals surface area contributed by atoms with Crippen molar-refractivity contribution >= 4 is 5.97 Å². The van der Waals surface area contributed by atoms with Crippen LogP contribution in [0.25, 0.3) is 0 Å². The van der Waals surface area contributed by atoms with Gasteiger partial charge in [-0.15, -0.1) is 0 Å². The molecule has 1 aromatic rings. The Labute approximate surface area is 76.5 Å². The number of carbonyl (C=O) groups is 1. The summed E-state index contributed by atoms with van der Waals surface area (Å²) in [5, 5.41) is 4.15. The summed E-state index contributed by atoms with van der Waals surface area (Å²) in [6.45, 7) is 0. The van der Waals surface area contributed by atoms with E-state index in [4.69, 9.17) is 0 Å². The molecule has 70 valence electrons. The number of carbonyl (C=O) groups excluding carboxylic acids is 1. The first-order chi connectivity index (χ1) is 6.31. The van der Waals surface area contributed by atoms with E-state index in [0.717, 1.165) is 0 Å². The number of methoxy groups -OCH3 is 1. The maximum Gasteiger partial charge on any atom is 0.358 e. The second kappa shape index (κ2) is 3.20. The van der Waals surface area contributed by atoms with Gasteiger partial charge in [-0.1, -0.05) is 0 Å². The van der Waals surface area contributed by atoms with Crippen molar-refractivity contribution in [1.29, 1.82) is 0 Å². The predicted molar refractivity (Wildman–Crippen MR) is 46.5 cm³/mol. The highest BCUT2D eigenvalue weighted by atomic mass is 16.5. The molecule has 0 bridgehead atoms. The molecule has 0 saturated heterocycles. The van der Waals surface area contributed by atoms with Gasteiger partial charge in [-0.3, -0.25) is 4.68 Å². The van der Waals surface area contributed by atoms with Crippen LogP contribution in [0.15, 0.2) is 12.3 Å². The average Bonchev–Trinajstić information content (AvgIpc) is 2.49. The molecule has 1 aliphatic carbocycles. The van der Waals surface area contributed by atoms with Crippen LogP contribution < -0.4 is 0 Å². The smallest absolute Gasteiger partial charge is 0.358 e. The molecule has 4 heteroatoms. The maximum atomic E-state index is 11.1. The molecule has 13 heavy (non-hydrogen) atoms. The third-order valence-electron chi connectivity index (χ3n) is 2.45. The fourth-order valence-corrected chi connectivity index (χ4v) is 1.41. The minimum absolute atomic E-state index is 0.363. The van der Waals surface area contributed by atoms with Crippen LogP contribution in [0.4, 0.5) is 0 Å². The van der Waals surface area contributed by atoms with E-state index in [9.17, 15) is 4.79 Å². The van der Waals surface area contributed by atoms with Crippen LogP contribution in [-0.2, 0) is 4.74 Å². The SMILES string of the molecule is COC(=O)c1ccn(C2CCC2)n1. The normalized spacial score (nSPS) is 16.7. The van der Waals surface area contributed by atoms with E-state index in [-0.39, 0.29) is 5.97 Å². The van der Waals surface area contributed by atoms with Crippen molar-refractivity contribution in [2.75, 3.05) is 7.11 Å². The van der Waals surface area contributed by atoms with Crippen molar-refractivity contribution < 1.29 is 9.53 Å². The highest BCUT2D eigenvalue weighted by Crippen LogP contribution is 2.30. The summed E-state index contributed by atoms with van der Waals surface area (Å²) in [6, 6.07) is 2.20. The molecule has 1 aromatic heterocycles. The van der Waals surface area contributed by atoms with Crippen LogP contribution in [0, 0.1) is 0 Å². The van der Waals surface area contributed by atoms with Crippen LogP contribution in [0.5, 0.6) is 0 Å². The highest BCUT2D eigenvalue weighted by molar-refractivity contribution is 5.86. The minimum Gasteiger partial charge on any atom is -0.464 e. The van der Waals surface area contributed by atoms with Gasteiger partial charge in [-0.2, -0.15) is 5.10 Å². The molecule has 2 rings (SSSR count). The number of rotatable bonds is 2. The van der Waals surface area contributed by atoms with Crippen molar-refractivity contribution in [2.24, 2.45) is 0 Å². The van der Waals surface area contributed by atoms with Gasteiger partial charge in [-0.05, 0) is 25.3 Å². The lowest BCUT2D eigenvalue weighted by Crippen LogP contribution is -2.18. The van der Waals surface area contributed by atoms with Gasteiger partial charge in [0.05, 0.1) is 13.2 Å². The van der Waals surface area contributed by atoms with E-state index in [1.165, 1.54) is 26.4 Å². The molecular formula is C9H12N2O2. The summed E-state index contributed by atoms with van der Waals surface area (Å²) >= 11 is 0. The molecule has 0 spiro atoms. The zero-order valence-electron chi connectivity index (χ0n) is 7.56. The number of hydrogen-bond donors (Lipinski definition) is 0. The minimum atomic E-state index is -0.363. The van der Waals surface area contributed by atoms with Crippen molar-refractivity contribution in [3.63, 3.8) is 0 Å². The first-order valence-electron chi connectivity index (χ1n) is 4.45. The van der Waals surface area contributed by atoms with E-state index in [1.807, 2.05) is 10.9 Å². The third kappa shape index (κ3) is 1.43. The second-order valence-electron chi connectivity index (χ2n) is 3.26. The zero-order chi connectivity index (χ0) is 9.26. The monoisotopic (exact) mass is 180 g/mol. The molecule has 0 unspecified atom stereocenters. The van der Waals surface area contributed by atoms with E-state index >= 15 is 0 Å². The Balaban J connectivity index is 2.12. The van der Waals surface area contributed by atoms with Gasteiger partial charge < -0.3 is 4.74 Å². The van der Waals surface area contributed by atoms with Crippen LogP contribution in [0.3, 0.4) is 0 Å². The van der Waals surface area contributed by atoms with Crippen molar-refractivity contribution in [3.05, 3.63) is 18.0 Å². The molecule has 4 nitrogen and oxygen atoms in total. The fourth-order valence-electron chi connectivity index (χ4n) is 1.41. The molecule has 1 saturated carbocycles. The Kier molecular flexibility index (Phi) is 2.04. The third-order valence-corrected chi connectivity index (χ3v) is 2.45. The predicted octanol–water partition coefficient (Wildman–Crippen LogP) is 1.39. The summed E-state index contributed by atoms with van der Waals surface area (Å²) in [6.07, 6.45) is 5.44. The molecule has 0 N–H and O–H groups in total. The number of nitrogens with zero attached hydrogens (tertiary/aromatic N) is 2. The summed E-state index contributed by atoms with van der Waals surface area (Å²) in [7, 11) is 1.37. The lowest BCUT2D eigenvalue weighted by atomic mass is 9.93. The topological polar surface area (TPSA) is 44.1 Å². The number of esters is 1. The molecule has 0 aliphatic heterocycles. The average molecular weight is 180 g/mol. The molecule has 0 aromatic carbocycles. The molecule has 0 amide bonds. The van der Waals surface area contributed by atoms with E-state index < -0.39 is 0 Å². The number of hydrogen-bond acceptors (Lipinski definition) is 3. The van der Waals surface area contributed by atoms with Gasteiger partial charge in [0.2, 0.25) is 0 Å². The zero-order valence-corrected chi connectivity index (χ0v) is 7.56. The molecule has 1 fully saturated rings. The quantitative estimate of drug-likeness (QED) is 0.646. The van der Waals surface area contributed by atoms with Gasteiger partial charge in [0, 0.05) is 6.20 Å². The summed E-state index contributed by atoms with van der Waals surface area (Å²) in [4.78, 5) is 11.1. The van der Waals surface area contributed by atoms with Crippen LogP contribution in [0.2, 0.25) is 0 Å². The number of aromatic nitrogens is 2. The Morgan fingerprint density at radius 1 is 1.69 bits per heavy atom. The summed E-state index contributed by atoms with van der Waals surface area (Å²) in [5.41, 5.74) is 0.398. The first-order valence-corrected chi connectivity index (χ1v) is 4.45. The van der Waals surface area contributed by atoms with Crippen LogP contribution in [-0.4, -0.2) is 22.9 Å². The Hall–Kier alpha value is -1.32. The van der Waals surface area contributed by atoms with E-state index in [0.29, 0.717) is 11.7 Å². The van der Waals surface area contributed by atoms with Crippen LogP contribution >= 0.6 is 0 Å². The molecule has 1 aliphatic rings. The van der Waals surface area contributed by atoms with Gasteiger partial charge in [0.15, 0.2) is 5.69 Å². The Bertz CT molecular complexity index is 315. The van der Waals surface area contributed by atoms with Gasteiger partial charge in [0.1, 0.15) is 0 Å². The van der Waals surface area contributed by atoms with Gasteiger partial charge >= 0.3 is 5.97 Å². The van der Waals surface area contributed by atoms with Crippen molar-refractivity contribution in [3.8, 4) is 0 Å². The Morgan fingerprint density at radius 3 is 3.00 bits per heavy atom. The Morgan fingerprint density at radius 2 is 2.46 bits per heavy atom. The standard InChI is InChI=1S/C9H12N2O2/c1-13-9(12)8-5-6-11(10-8)7-3-2-4-7/h5-7H,2-4H2,1H3. The van der Waals surface area contributed by atoms with E-state index in [2.05, 4.69) is 9.84 Å². The summed E-state index contributed by atoms with van der Waals surface area (Å²) in [5.74, 6) is -0.363. The van der Waals surface area contributed by atoms with Crippen molar-refractivity contribution in [2.45, 2.75) is 25.3 Å². The lowest BCUT2D eigenvalue weighted by molar-refractivity contribution is 0.0592. The molecule has 0 radical (unpaired) electrons. The largest absolute Gasteiger partial charge is 0.464 e. The molecule has 0 atom stereocenters. The highest BCUT2D eigenvalue weighted by Gasteiger charge is 2.21. The van der Waals surface area contributed by atoms with Gasteiger partial charge in [-0.25, -0.2) is 4.79 Å². The fraction of sp³-hybridized carbons (Fsp3) is 0.556. The molecular weight excluding hydrogens is 168 g/mol. The first kappa shape index (κ1) is 8.29. The molecule has 1 heterocycles. The van der Waals surface area contributed by atoms with Gasteiger partial charge in [0.25, 0.3) is 0 Å². The number of ether oxygens (including phenoxy) is 1. The second-order valence-corrected chi connectivity index (χ2v) is 3.26.